The van der Waals surface area contributed by atoms with Crippen molar-refractivity contribution in [3.05, 3.63) is 36.0 Å². The minimum atomic E-state index is -0.339. The molecule has 2 heterocycles. The molecule has 9 heteroatoms. The molecule has 9 nitrogen and oxygen atoms in total. The highest BCUT2D eigenvalue weighted by Crippen LogP contribution is 2.15. The number of rotatable bonds is 8. The Hall–Kier alpha value is -2.78. The summed E-state index contributed by atoms with van der Waals surface area (Å²) in [7, 11) is 0. The number of nitrogens with zero attached hydrogens (tertiary/aromatic N) is 4. The van der Waals surface area contributed by atoms with Crippen LogP contribution in [0.5, 0.6) is 0 Å². The monoisotopic (exact) mass is 372 g/mol. The van der Waals surface area contributed by atoms with Gasteiger partial charge in [0.15, 0.2) is 5.82 Å². The Morgan fingerprint density at radius 3 is 2.78 bits per heavy atom. The summed E-state index contributed by atoms with van der Waals surface area (Å²) >= 11 is 0. The normalized spacial score (nSPS) is 14.6. The number of carbonyl (C=O) groups is 1. The molecule has 0 amide bonds. The summed E-state index contributed by atoms with van der Waals surface area (Å²) < 4.78 is 10.3. The molecule has 1 fully saturated rings. The molecule has 0 aliphatic carbocycles. The van der Waals surface area contributed by atoms with Crippen molar-refractivity contribution >= 4 is 23.4 Å². The van der Waals surface area contributed by atoms with Crippen molar-refractivity contribution in [1.29, 1.82) is 0 Å². The fourth-order valence-electron chi connectivity index (χ4n) is 2.64. The molecule has 1 aliphatic heterocycles. The first kappa shape index (κ1) is 19.0. The minimum Gasteiger partial charge on any atom is -0.462 e. The van der Waals surface area contributed by atoms with Crippen LogP contribution in [0.2, 0.25) is 0 Å². The van der Waals surface area contributed by atoms with Gasteiger partial charge in [0.2, 0.25) is 5.95 Å². The predicted molar refractivity (Wildman–Crippen MR) is 101 cm³/mol. The van der Waals surface area contributed by atoms with E-state index >= 15 is 0 Å². The van der Waals surface area contributed by atoms with Gasteiger partial charge < -0.3 is 20.1 Å². The van der Waals surface area contributed by atoms with Crippen LogP contribution >= 0.6 is 0 Å². The number of esters is 1. The molecule has 1 saturated heterocycles. The lowest BCUT2D eigenvalue weighted by Gasteiger charge is -2.26. The molecule has 0 bridgehead atoms. The number of morpholine rings is 1. The molecule has 2 aromatic rings. The second-order valence-corrected chi connectivity index (χ2v) is 5.97. The zero-order valence-electron chi connectivity index (χ0n) is 15.4. The van der Waals surface area contributed by atoms with Crippen LogP contribution in [0.15, 0.2) is 30.5 Å². The standard InChI is InChI=1S/C18H24N6O3/c1-2-27-17(25)14-3-5-15(6-4-14)21-18-22-16(13-20-23-18)19-7-8-24-9-11-26-12-10-24/h3-6,13H,2,7-12H2,1H3,(H2,19,21,22,23). The predicted octanol–water partition coefficient (Wildman–Crippen LogP) is 1.54. The molecule has 144 valence electrons. The van der Waals surface area contributed by atoms with Gasteiger partial charge in [-0.2, -0.15) is 10.1 Å². The SMILES string of the molecule is CCOC(=O)c1ccc(Nc2nncc(NCCN3CCOCC3)n2)cc1. The summed E-state index contributed by atoms with van der Waals surface area (Å²) in [5.41, 5.74) is 1.26. The van der Waals surface area contributed by atoms with E-state index in [-0.39, 0.29) is 5.97 Å². The Morgan fingerprint density at radius 2 is 2.04 bits per heavy atom. The molecule has 0 radical (unpaired) electrons. The van der Waals surface area contributed by atoms with Gasteiger partial charge in [-0.1, -0.05) is 0 Å². The van der Waals surface area contributed by atoms with Gasteiger partial charge in [-0.05, 0) is 31.2 Å². The number of hydrogen-bond donors (Lipinski definition) is 2. The molecule has 0 atom stereocenters. The van der Waals surface area contributed by atoms with E-state index in [2.05, 4.69) is 30.7 Å². The lowest BCUT2D eigenvalue weighted by Crippen LogP contribution is -2.39. The first-order valence-corrected chi connectivity index (χ1v) is 9.02. The van der Waals surface area contributed by atoms with Crippen LogP contribution in [0.25, 0.3) is 0 Å². The van der Waals surface area contributed by atoms with E-state index in [1.165, 1.54) is 0 Å². The lowest BCUT2D eigenvalue weighted by molar-refractivity contribution is 0.0398. The molecule has 1 aromatic carbocycles. The number of ether oxygens (including phenoxy) is 2. The van der Waals surface area contributed by atoms with Gasteiger partial charge in [0.05, 0.1) is 31.6 Å². The van der Waals surface area contributed by atoms with E-state index in [1.807, 2.05) is 0 Å². The Bertz CT molecular complexity index is 734. The smallest absolute Gasteiger partial charge is 0.338 e. The number of anilines is 3. The third kappa shape index (κ3) is 5.87. The Kier molecular flexibility index (Phi) is 6.89. The number of benzene rings is 1. The first-order valence-electron chi connectivity index (χ1n) is 9.02. The maximum absolute atomic E-state index is 11.7. The number of hydrogen-bond acceptors (Lipinski definition) is 9. The average Bonchev–Trinajstić information content (AvgIpc) is 2.70. The molecule has 1 aromatic heterocycles. The van der Waals surface area contributed by atoms with Crippen LogP contribution in [0.1, 0.15) is 17.3 Å². The number of carbonyl (C=O) groups excluding carboxylic acids is 1. The van der Waals surface area contributed by atoms with Gasteiger partial charge in [-0.25, -0.2) is 4.79 Å². The van der Waals surface area contributed by atoms with Crippen molar-refractivity contribution in [2.75, 3.05) is 56.6 Å². The third-order valence-electron chi connectivity index (χ3n) is 4.05. The first-order chi connectivity index (χ1) is 13.2. The molecule has 2 N–H and O–H groups in total. The molecule has 27 heavy (non-hydrogen) atoms. The quantitative estimate of drug-likeness (QED) is 0.668. The summed E-state index contributed by atoms with van der Waals surface area (Å²) in [4.78, 5) is 18.4. The van der Waals surface area contributed by atoms with Gasteiger partial charge in [0.25, 0.3) is 0 Å². The zero-order valence-corrected chi connectivity index (χ0v) is 15.4. The molecule has 1 aliphatic rings. The van der Waals surface area contributed by atoms with Gasteiger partial charge in [0.1, 0.15) is 0 Å². The molecular weight excluding hydrogens is 348 g/mol. The second-order valence-electron chi connectivity index (χ2n) is 5.97. The molecule has 0 unspecified atom stereocenters. The fourth-order valence-corrected chi connectivity index (χ4v) is 2.64. The highest BCUT2D eigenvalue weighted by Gasteiger charge is 2.10. The molecule has 0 spiro atoms. The highest BCUT2D eigenvalue weighted by molar-refractivity contribution is 5.89. The van der Waals surface area contributed by atoms with Crippen molar-refractivity contribution in [2.24, 2.45) is 0 Å². The van der Waals surface area contributed by atoms with Crippen molar-refractivity contribution in [2.45, 2.75) is 6.92 Å². The second kappa shape index (κ2) is 9.79. The Labute approximate surface area is 158 Å². The van der Waals surface area contributed by atoms with Crippen molar-refractivity contribution in [3.8, 4) is 0 Å². The van der Waals surface area contributed by atoms with Crippen LogP contribution in [0.3, 0.4) is 0 Å². The van der Waals surface area contributed by atoms with E-state index in [1.54, 1.807) is 37.4 Å². The van der Waals surface area contributed by atoms with E-state index in [9.17, 15) is 4.79 Å². The number of aromatic nitrogens is 3. The number of nitrogens with one attached hydrogen (secondary N) is 2. The third-order valence-corrected chi connectivity index (χ3v) is 4.05. The summed E-state index contributed by atoms with van der Waals surface area (Å²) in [6.45, 7) is 7.31. The largest absolute Gasteiger partial charge is 0.462 e. The van der Waals surface area contributed by atoms with E-state index < -0.39 is 0 Å². The lowest BCUT2D eigenvalue weighted by atomic mass is 10.2. The maximum atomic E-state index is 11.7. The van der Waals surface area contributed by atoms with Crippen LogP contribution < -0.4 is 10.6 Å². The Morgan fingerprint density at radius 1 is 1.26 bits per heavy atom. The van der Waals surface area contributed by atoms with Gasteiger partial charge >= 0.3 is 5.97 Å². The summed E-state index contributed by atoms with van der Waals surface area (Å²) in [5, 5.41) is 14.3. The summed E-state index contributed by atoms with van der Waals surface area (Å²) in [6.07, 6.45) is 1.59. The van der Waals surface area contributed by atoms with E-state index in [0.29, 0.717) is 23.9 Å². The van der Waals surface area contributed by atoms with Crippen LogP contribution in [0, 0.1) is 0 Å². The van der Waals surface area contributed by atoms with Crippen molar-refractivity contribution in [1.82, 2.24) is 20.1 Å². The van der Waals surface area contributed by atoms with Crippen LogP contribution in [0.4, 0.5) is 17.5 Å². The van der Waals surface area contributed by atoms with Crippen molar-refractivity contribution < 1.29 is 14.3 Å². The maximum Gasteiger partial charge on any atom is 0.338 e. The van der Waals surface area contributed by atoms with Crippen LogP contribution in [-0.2, 0) is 9.47 Å². The summed E-state index contributed by atoms with van der Waals surface area (Å²) in [5.74, 6) is 0.701. The highest BCUT2D eigenvalue weighted by atomic mass is 16.5. The van der Waals surface area contributed by atoms with Crippen LogP contribution in [-0.4, -0.2) is 72.1 Å². The van der Waals surface area contributed by atoms with Gasteiger partial charge in [0, 0.05) is 31.9 Å². The topological polar surface area (TPSA) is 102 Å². The van der Waals surface area contributed by atoms with Gasteiger partial charge in [-0.3, -0.25) is 4.90 Å². The van der Waals surface area contributed by atoms with Crippen molar-refractivity contribution in [3.63, 3.8) is 0 Å². The average molecular weight is 372 g/mol. The van der Waals surface area contributed by atoms with Gasteiger partial charge in [-0.15, -0.1) is 5.10 Å². The molecular formula is C18H24N6O3. The summed E-state index contributed by atoms with van der Waals surface area (Å²) in [6, 6.07) is 6.93. The fraction of sp³-hybridized carbons (Fsp3) is 0.444. The van der Waals surface area contributed by atoms with E-state index in [4.69, 9.17) is 9.47 Å². The zero-order chi connectivity index (χ0) is 18.9. The Balaban J connectivity index is 1.51. The van der Waals surface area contributed by atoms with E-state index in [0.717, 1.165) is 45.1 Å². The minimum absolute atomic E-state index is 0.339. The molecule has 0 saturated carbocycles. The molecule has 3 rings (SSSR count).